The molecule has 1 atom stereocenters. The zero-order chi connectivity index (χ0) is 16.9. The highest BCUT2D eigenvalue weighted by Gasteiger charge is 2.25. The highest BCUT2D eigenvalue weighted by atomic mass is 35.5. The number of nitrogens with one attached hydrogen (secondary N) is 1. The van der Waals surface area contributed by atoms with Crippen LogP contribution in [-0.2, 0) is 11.3 Å². The van der Waals surface area contributed by atoms with Gasteiger partial charge in [-0.05, 0) is 24.5 Å². The van der Waals surface area contributed by atoms with Gasteiger partial charge in [0.2, 0.25) is 11.9 Å². The van der Waals surface area contributed by atoms with E-state index < -0.39 is 0 Å². The molecule has 3 rings (SSSR count). The molecule has 7 heteroatoms. The predicted octanol–water partition coefficient (Wildman–Crippen LogP) is 2.44. The molecule has 3 N–H and O–H groups in total. The molecule has 1 aliphatic heterocycles. The van der Waals surface area contributed by atoms with Crippen molar-refractivity contribution in [1.29, 1.82) is 0 Å². The quantitative estimate of drug-likeness (QED) is 0.869. The summed E-state index contributed by atoms with van der Waals surface area (Å²) in [5, 5.41) is 3.71. The van der Waals surface area contributed by atoms with Crippen molar-refractivity contribution in [3.63, 3.8) is 0 Å². The Labute approximate surface area is 146 Å². The summed E-state index contributed by atoms with van der Waals surface area (Å²) in [6.45, 7) is 2.19. The second kappa shape index (κ2) is 7.49. The summed E-state index contributed by atoms with van der Waals surface area (Å²) in [6.07, 6.45) is 4.95. The van der Waals surface area contributed by atoms with Crippen LogP contribution in [0.4, 0.5) is 11.6 Å². The fourth-order valence-corrected chi connectivity index (χ4v) is 3.07. The first kappa shape index (κ1) is 16.5. The maximum Gasteiger partial charge on any atom is 0.222 e. The number of carbonyl (C=O) groups excluding carboxylic acids is 1. The number of hydrogen-bond acceptors (Lipinski definition) is 5. The summed E-state index contributed by atoms with van der Waals surface area (Å²) in [5.74, 6) is 0.229. The Kier molecular flexibility index (Phi) is 5.15. The Balaban J connectivity index is 1.72. The molecule has 1 aromatic heterocycles. The summed E-state index contributed by atoms with van der Waals surface area (Å²) in [6, 6.07) is 8.14. The summed E-state index contributed by atoms with van der Waals surface area (Å²) in [5.41, 5.74) is 7.73. The first-order valence-corrected chi connectivity index (χ1v) is 8.35. The Morgan fingerprint density at radius 1 is 1.33 bits per heavy atom. The van der Waals surface area contributed by atoms with Crippen molar-refractivity contribution in [1.82, 2.24) is 9.97 Å². The number of rotatable bonds is 5. The number of hydrogen-bond donors (Lipinski definition) is 2. The molecule has 2 heterocycles. The molecule has 0 aliphatic carbocycles. The van der Waals surface area contributed by atoms with E-state index >= 15 is 0 Å². The average Bonchev–Trinajstić information content (AvgIpc) is 2.61. The standard InChI is InChI=1S/C17H20ClN5O/c18-14-9-21-17(22-10-14)20-8-12-4-1-2-6-15(12)23-7-3-5-13(11-23)16(19)24/h1-2,4,6,9-10,13H,3,5,7-8,11H2,(H2,19,24)(H,20,21,22)/t13-/m1/s1. The minimum absolute atomic E-state index is 0.0839. The molecule has 0 saturated carbocycles. The van der Waals surface area contributed by atoms with E-state index in [1.54, 1.807) is 12.4 Å². The molecular weight excluding hydrogens is 326 g/mol. The molecule has 0 unspecified atom stereocenters. The van der Waals surface area contributed by atoms with E-state index in [0.29, 0.717) is 24.1 Å². The zero-order valence-corrected chi connectivity index (χ0v) is 14.0. The molecule has 1 fully saturated rings. The van der Waals surface area contributed by atoms with Gasteiger partial charge in [-0.2, -0.15) is 0 Å². The van der Waals surface area contributed by atoms with Crippen LogP contribution in [0.5, 0.6) is 0 Å². The molecule has 1 saturated heterocycles. The third kappa shape index (κ3) is 3.94. The number of nitrogens with two attached hydrogens (primary N) is 1. The SMILES string of the molecule is NC(=O)[C@@H]1CCCN(c2ccccc2CNc2ncc(Cl)cn2)C1. The normalized spacial score (nSPS) is 17.5. The lowest BCUT2D eigenvalue weighted by Gasteiger charge is -2.34. The molecule has 0 bridgehead atoms. The number of primary amides is 1. The molecule has 1 aliphatic rings. The van der Waals surface area contributed by atoms with Crippen LogP contribution in [0.3, 0.4) is 0 Å². The van der Waals surface area contributed by atoms with Crippen molar-refractivity contribution in [3.8, 4) is 0 Å². The summed E-state index contributed by atoms with van der Waals surface area (Å²) in [4.78, 5) is 22.0. The maximum absolute atomic E-state index is 11.5. The topological polar surface area (TPSA) is 84.1 Å². The third-order valence-corrected chi connectivity index (χ3v) is 4.41. The van der Waals surface area contributed by atoms with Crippen molar-refractivity contribution in [2.75, 3.05) is 23.3 Å². The van der Waals surface area contributed by atoms with Crippen LogP contribution < -0.4 is 16.0 Å². The fraction of sp³-hybridized carbons (Fsp3) is 0.353. The minimum Gasteiger partial charge on any atom is -0.370 e. The first-order chi connectivity index (χ1) is 11.6. The van der Waals surface area contributed by atoms with Gasteiger partial charge in [0.05, 0.1) is 23.3 Å². The summed E-state index contributed by atoms with van der Waals surface area (Å²) >= 11 is 5.80. The van der Waals surface area contributed by atoms with Gasteiger partial charge >= 0.3 is 0 Å². The lowest BCUT2D eigenvalue weighted by Crippen LogP contribution is -2.41. The second-order valence-corrected chi connectivity index (χ2v) is 6.33. The molecule has 24 heavy (non-hydrogen) atoms. The molecule has 1 aromatic carbocycles. The van der Waals surface area contributed by atoms with Crippen molar-refractivity contribution in [2.45, 2.75) is 19.4 Å². The van der Waals surface area contributed by atoms with Gasteiger partial charge in [-0.3, -0.25) is 4.79 Å². The highest BCUT2D eigenvalue weighted by molar-refractivity contribution is 6.30. The lowest BCUT2D eigenvalue weighted by atomic mass is 9.96. The maximum atomic E-state index is 11.5. The summed E-state index contributed by atoms with van der Waals surface area (Å²) in [7, 11) is 0. The monoisotopic (exact) mass is 345 g/mol. The van der Waals surface area contributed by atoms with Crippen LogP contribution in [0.25, 0.3) is 0 Å². The smallest absolute Gasteiger partial charge is 0.222 e. The highest BCUT2D eigenvalue weighted by Crippen LogP contribution is 2.26. The molecule has 2 aromatic rings. The Morgan fingerprint density at radius 2 is 2.08 bits per heavy atom. The number of halogens is 1. The van der Waals surface area contributed by atoms with Gasteiger partial charge < -0.3 is 16.0 Å². The van der Waals surface area contributed by atoms with Gasteiger partial charge in [-0.25, -0.2) is 9.97 Å². The lowest BCUT2D eigenvalue weighted by molar-refractivity contribution is -0.122. The van der Waals surface area contributed by atoms with Gasteiger partial charge in [-0.15, -0.1) is 0 Å². The minimum atomic E-state index is -0.218. The number of piperidine rings is 1. The van der Waals surface area contributed by atoms with Crippen LogP contribution in [0.2, 0.25) is 5.02 Å². The van der Waals surface area contributed by atoms with Crippen LogP contribution in [0.15, 0.2) is 36.7 Å². The van der Waals surface area contributed by atoms with Crippen LogP contribution in [0.1, 0.15) is 18.4 Å². The van der Waals surface area contributed by atoms with Crippen molar-refractivity contribution in [2.24, 2.45) is 11.7 Å². The van der Waals surface area contributed by atoms with Crippen molar-refractivity contribution >= 4 is 29.1 Å². The van der Waals surface area contributed by atoms with Gasteiger partial charge in [0.1, 0.15) is 0 Å². The average molecular weight is 346 g/mol. The number of amides is 1. The van der Waals surface area contributed by atoms with Crippen LogP contribution in [0, 0.1) is 5.92 Å². The molecule has 1 amide bonds. The second-order valence-electron chi connectivity index (χ2n) is 5.89. The van der Waals surface area contributed by atoms with E-state index in [2.05, 4.69) is 32.3 Å². The number of benzene rings is 1. The molecule has 0 spiro atoms. The number of carbonyl (C=O) groups is 1. The fourth-order valence-electron chi connectivity index (χ4n) is 2.97. The van der Waals surface area contributed by atoms with Gasteiger partial charge in [0.25, 0.3) is 0 Å². The van der Waals surface area contributed by atoms with E-state index in [0.717, 1.165) is 30.6 Å². The van der Waals surface area contributed by atoms with E-state index in [1.165, 1.54) is 0 Å². The van der Waals surface area contributed by atoms with Gasteiger partial charge in [0.15, 0.2) is 0 Å². The van der Waals surface area contributed by atoms with E-state index in [1.807, 2.05) is 12.1 Å². The van der Waals surface area contributed by atoms with Gasteiger partial charge in [0, 0.05) is 25.3 Å². The Morgan fingerprint density at radius 3 is 2.83 bits per heavy atom. The third-order valence-electron chi connectivity index (χ3n) is 4.21. The van der Waals surface area contributed by atoms with Crippen LogP contribution >= 0.6 is 11.6 Å². The molecule has 6 nitrogen and oxygen atoms in total. The molecule has 126 valence electrons. The Bertz CT molecular complexity index is 706. The first-order valence-electron chi connectivity index (χ1n) is 7.97. The zero-order valence-electron chi connectivity index (χ0n) is 13.3. The van der Waals surface area contributed by atoms with E-state index in [9.17, 15) is 4.79 Å². The number of para-hydroxylation sites is 1. The number of anilines is 2. The van der Waals surface area contributed by atoms with Crippen molar-refractivity contribution in [3.05, 3.63) is 47.2 Å². The summed E-state index contributed by atoms with van der Waals surface area (Å²) < 4.78 is 0. The van der Waals surface area contributed by atoms with E-state index in [4.69, 9.17) is 17.3 Å². The molecular formula is C17H20ClN5O. The van der Waals surface area contributed by atoms with Gasteiger partial charge in [-0.1, -0.05) is 29.8 Å². The molecule has 0 radical (unpaired) electrons. The number of aromatic nitrogens is 2. The Hall–Kier alpha value is -2.34. The largest absolute Gasteiger partial charge is 0.370 e. The van der Waals surface area contributed by atoms with Crippen molar-refractivity contribution < 1.29 is 4.79 Å². The number of nitrogens with zero attached hydrogens (tertiary/aromatic N) is 3. The van der Waals surface area contributed by atoms with Crippen LogP contribution in [-0.4, -0.2) is 29.0 Å². The predicted molar refractivity (Wildman–Crippen MR) is 94.9 cm³/mol. The van der Waals surface area contributed by atoms with E-state index in [-0.39, 0.29) is 11.8 Å².